The second-order valence-corrected chi connectivity index (χ2v) is 4.73. The zero-order chi connectivity index (χ0) is 13.8. The number of fused-ring (bicyclic) bond motifs is 1. The minimum atomic E-state index is -0.338. The van der Waals surface area contributed by atoms with Crippen LogP contribution in [-0.4, -0.2) is 23.1 Å². The number of benzene rings is 1. The smallest absolute Gasteiger partial charge is 0.408 e. The Balaban J connectivity index is 2.09. The van der Waals surface area contributed by atoms with Crippen molar-refractivity contribution in [2.24, 2.45) is 7.05 Å². The molecule has 0 radical (unpaired) electrons. The van der Waals surface area contributed by atoms with E-state index in [1.165, 1.54) is 4.57 Å². The molecule has 0 unspecified atom stereocenters. The molecule has 5 nitrogen and oxygen atoms in total. The topological polar surface area (TPSA) is 62.2 Å². The fourth-order valence-corrected chi connectivity index (χ4v) is 2.10. The van der Waals surface area contributed by atoms with Crippen molar-refractivity contribution in [3.05, 3.63) is 34.3 Å². The van der Waals surface area contributed by atoms with Gasteiger partial charge < -0.3 is 9.32 Å². The molecule has 0 aliphatic heterocycles. The van der Waals surface area contributed by atoms with E-state index in [1.54, 1.807) is 7.05 Å². The van der Waals surface area contributed by atoms with Gasteiger partial charge in [0.15, 0.2) is 5.58 Å². The summed E-state index contributed by atoms with van der Waals surface area (Å²) >= 11 is 0. The molecule has 2 aromatic rings. The van der Waals surface area contributed by atoms with Gasteiger partial charge in [0.2, 0.25) is 0 Å². The van der Waals surface area contributed by atoms with Gasteiger partial charge in [-0.15, -0.1) is 0 Å². The minimum absolute atomic E-state index is 0.338. The first-order chi connectivity index (χ1) is 9.11. The largest absolute Gasteiger partial charge is 0.419 e. The summed E-state index contributed by atoms with van der Waals surface area (Å²) in [5, 5.41) is 8.50. The minimum Gasteiger partial charge on any atom is -0.408 e. The maximum absolute atomic E-state index is 11.4. The van der Waals surface area contributed by atoms with Gasteiger partial charge in [-0.3, -0.25) is 4.57 Å². The highest BCUT2D eigenvalue weighted by Crippen LogP contribution is 2.15. The zero-order valence-electron chi connectivity index (χ0n) is 11.2. The van der Waals surface area contributed by atoms with E-state index < -0.39 is 0 Å². The van der Waals surface area contributed by atoms with Crippen molar-refractivity contribution < 1.29 is 4.42 Å². The van der Waals surface area contributed by atoms with E-state index in [-0.39, 0.29) is 5.76 Å². The number of nitriles is 1. The highest BCUT2D eigenvalue weighted by Gasteiger charge is 2.07. The Morgan fingerprint density at radius 1 is 1.47 bits per heavy atom. The number of aryl methyl sites for hydroxylation is 1. The summed E-state index contributed by atoms with van der Waals surface area (Å²) in [6, 6.07) is 7.94. The van der Waals surface area contributed by atoms with Gasteiger partial charge in [0.05, 0.1) is 11.6 Å². The lowest BCUT2D eigenvalue weighted by Crippen LogP contribution is -2.18. The molecule has 0 fully saturated rings. The highest BCUT2D eigenvalue weighted by atomic mass is 16.4. The van der Waals surface area contributed by atoms with Gasteiger partial charge in [-0.25, -0.2) is 4.79 Å². The second kappa shape index (κ2) is 5.72. The molecule has 1 aromatic carbocycles. The molecule has 0 aliphatic carbocycles. The molecule has 1 aromatic heterocycles. The van der Waals surface area contributed by atoms with Crippen molar-refractivity contribution in [2.45, 2.75) is 19.4 Å². The third kappa shape index (κ3) is 3.04. The summed E-state index contributed by atoms with van der Waals surface area (Å²) in [7, 11) is 3.71. The molecule has 0 saturated heterocycles. The standard InChI is InChI=1S/C14H17N3O2/c1-16(8-4-3-7-15)10-11-5-6-12-13(9-11)19-14(18)17(12)2/h5-6,9H,3-4,8,10H2,1-2H3. The lowest BCUT2D eigenvalue weighted by Gasteiger charge is -2.15. The Labute approximate surface area is 111 Å². The van der Waals surface area contributed by atoms with Crippen molar-refractivity contribution >= 4 is 11.1 Å². The molecule has 0 amide bonds. The van der Waals surface area contributed by atoms with E-state index in [1.807, 2.05) is 25.2 Å². The lowest BCUT2D eigenvalue weighted by atomic mass is 10.2. The van der Waals surface area contributed by atoms with Crippen LogP contribution in [0.2, 0.25) is 0 Å². The highest BCUT2D eigenvalue weighted by molar-refractivity contribution is 5.73. The summed E-state index contributed by atoms with van der Waals surface area (Å²) in [6.45, 7) is 1.66. The predicted octanol–water partition coefficient (Wildman–Crippen LogP) is 1.87. The van der Waals surface area contributed by atoms with Crippen LogP contribution in [0.1, 0.15) is 18.4 Å². The third-order valence-corrected chi connectivity index (χ3v) is 3.14. The Bertz CT molecular complexity index is 663. The van der Waals surface area contributed by atoms with Gasteiger partial charge in [0.25, 0.3) is 0 Å². The molecule has 1 heterocycles. The molecule has 0 bridgehead atoms. The van der Waals surface area contributed by atoms with Gasteiger partial charge in [-0.05, 0) is 37.7 Å². The van der Waals surface area contributed by atoms with E-state index in [9.17, 15) is 4.79 Å². The van der Waals surface area contributed by atoms with Crippen molar-refractivity contribution in [2.75, 3.05) is 13.6 Å². The van der Waals surface area contributed by atoms with E-state index in [4.69, 9.17) is 9.68 Å². The Kier molecular flexibility index (Phi) is 4.03. The Hall–Kier alpha value is -2.06. The van der Waals surface area contributed by atoms with E-state index >= 15 is 0 Å². The number of nitrogens with zero attached hydrogens (tertiary/aromatic N) is 3. The summed E-state index contributed by atoms with van der Waals surface area (Å²) in [4.78, 5) is 13.6. The van der Waals surface area contributed by atoms with Gasteiger partial charge in [0.1, 0.15) is 0 Å². The van der Waals surface area contributed by atoms with E-state index in [2.05, 4.69) is 11.0 Å². The van der Waals surface area contributed by atoms with Crippen LogP contribution in [0.4, 0.5) is 0 Å². The normalized spacial score (nSPS) is 11.1. The van der Waals surface area contributed by atoms with E-state index in [0.29, 0.717) is 12.0 Å². The number of oxazole rings is 1. The average molecular weight is 259 g/mol. The number of hydrogen-bond donors (Lipinski definition) is 0. The average Bonchev–Trinajstić information content (AvgIpc) is 2.65. The first kappa shape index (κ1) is 13.4. The molecule has 2 rings (SSSR count). The molecule has 0 aliphatic rings. The van der Waals surface area contributed by atoms with Crippen molar-refractivity contribution in [3.63, 3.8) is 0 Å². The van der Waals surface area contributed by atoms with Gasteiger partial charge in [-0.1, -0.05) is 6.07 Å². The summed E-state index contributed by atoms with van der Waals surface area (Å²) in [5.41, 5.74) is 2.53. The number of hydrogen-bond acceptors (Lipinski definition) is 4. The van der Waals surface area contributed by atoms with Crippen LogP contribution in [-0.2, 0) is 13.6 Å². The predicted molar refractivity (Wildman–Crippen MR) is 72.6 cm³/mol. The van der Waals surface area contributed by atoms with Crippen molar-refractivity contribution in [3.8, 4) is 6.07 Å². The van der Waals surface area contributed by atoms with Gasteiger partial charge in [-0.2, -0.15) is 5.26 Å². The molecule has 0 spiro atoms. The second-order valence-electron chi connectivity index (χ2n) is 4.73. The maximum Gasteiger partial charge on any atom is 0.419 e. The van der Waals surface area contributed by atoms with E-state index in [0.717, 1.165) is 30.6 Å². The summed E-state index contributed by atoms with van der Waals surface area (Å²) in [5.74, 6) is -0.338. The van der Waals surface area contributed by atoms with Crippen LogP contribution < -0.4 is 5.76 Å². The van der Waals surface area contributed by atoms with Crippen LogP contribution in [0.15, 0.2) is 27.4 Å². The molecule has 0 N–H and O–H groups in total. The zero-order valence-corrected chi connectivity index (χ0v) is 11.2. The van der Waals surface area contributed by atoms with Gasteiger partial charge >= 0.3 is 5.76 Å². The fourth-order valence-electron chi connectivity index (χ4n) is 2.10. The van der Waals surface area contributed by atoms with Crippen molar-refractivity contribution in [1.82, 2.24) is 9.47 Å². The first-order valence-corrected chi connectivity index (χ1v) is 6.26. The molecule has 19 heavy (non-hydrogen) atoms. The summed E-state index contributed by atoms with van der Waals surface area (Å²) in [6.07, 6.45) is 1.45. The van der Waals surface area contributed by atoms with Crippen LogP contribution >= 0.6 is 0 Å². The molecule has 100 valence electrons. The SMILES string of the molecule is CN(CCCC#N)Cc1ccc2c(c1)oc(=O)n2C. The van der Waals surface area contributed by atoms with Crippen LogP contribution in [0, 0.1) is 11.3 Å². The molecule has 0 atom stereocenters. The quantitative estimate of drug-likeness (QED) is 0.769. The number of aromatic nitrogens is 1. The number of rotatable bonds is 5. The molecular weight excluding hydrogens is 242 g/mol. The monoisotopic (exact) mass is 259 g/mol. The number of unbranched alkanes of at least 4 members (excludes halogenated alkanes) is 1. The molecular formula is C14H17N3O2. The molecule has 0 saturated carbocycles. The van der Waals surface area contributed by atoms with Crippen LogP contribution in [0.5, 0.6) is 0 Å². The van der Waals surface area contributed by atoms with Crippen LogP contribution in [0.3, 0.4) is 0 Å². The Morgan fingerprint density at radius 3 is 3.00 bits per heavy atom. The maximum atomic E-state index is 11.4. The summed E-state index contributed by atoms with van der Waals surface area (Å²) < 4.78 is 6.66. The lowest BCUT2D eigenvalue weighted by molar-refractivity contribution is 0.323. The molecule has 5 heteroatoms. The van der Waals surface area contributed by atoms with Crippen molar-refractivity contribution in [1.29, 1.82) is 5.26 Å². The third-order valence-electron chi connectivity index (χ3n) is 3.14. The Morgan fingerprint density at radius 2 is 2.26 bits per heavy atom. The fraction of sp³-hybridized carbons (Fsp3) is 0.429. The van der Waals surface area contributed by atoms with Gasteiger partial charge in [0, 0.05) is 20.0 Å². The van der Waals surface area contributed by atoms with Crippen LogP contribution in [0.25, 0.3) is 11.1 Å². The first-order valence-electron chi connectivity index (χ1n) is 6.26.